The van der Waals surface area contributed by atoms with E-state index in [1.165, 1.54) is 0 Å². The zero-order valence-electron chi connectivity index (χ0n) is 9.40. The number of hydrogen-bond acceptors (Lipinski definition) is 4. The van der Waals surface area contributed by atoms with Gasteiger partial charge in [-0.1, -0.05) is 0 Å². The second-order valence-corrected chi connectivity index (χ2v) is 3.84. The molecule has 0 aromatic rings. The molecule has 4 N–H and O–H groups in total. The molecule has 0 heterocycles. The van der Waals surface area contributed by atoms with E-state index in [4.69, 9.17) is 20.4 Å². The highest BCUT2D eigenvalue weighted by molar-refractivity contribution is 5.79. The summed E-state index contributed by atoms with van der Waals surface area (Å²) in [5.41, 5.74) is 0. The average molecular weight is 262 g/mol. The number of hydrogen-bond donors (Lipinski definition) is 4. The normalized spacial score (nSPS) is 13.6. The van der Waals surface area contributed by atoms with E-state index in [1.807, 2.05) is 0 Å². The van der Waals surface area contributed by atoms with Gasteiger partial charge in [-0.3, -0.25) is 19.2 Å². The van der Waals surface area contributed by atoms with Gasteiger partial charge in [-0.05, 0) is 12.8 Å². The summed E-state index contributed by atoms with van der Waals surface area (Å²) in [6, 6.07) is 0. The number of aliphatic carboxylic acids is 4. The summed E-state index contributed by atoms with van der Waals surface area (Å²) in [5.74, 6) is -7.78. The van der Waals surface area contributed by atoms with Crippen LogP contribution in [0.25, 0.3) is 0 Å². The first kappa shape index (κ1) is 15.9. The van der Waals surface area contributed by atoms with Crippen LogP contribution in [0.2, 0.25) is 0 Å². The highest BCUT2D eigenvalue weighted by atomic mass is 16.4. The Labute approximate surface area is 102 Å². The molecule has 102 valence electrons. The Balaban J connectivity index is 4.60. The molecule has 0 aromatic carbocycles. The summed E-state index contributed by atoms with van der Waals surface area (Å²) in [5, 5.41) is 34.5. The van der Waals surface area contributed by atoms with Crippen LogP contribution in [0.5, 0.6) is 0 Å². The molecule has 0 bridgehead atoms. The summed E-state index contributed by atoms with van der Waals surface area (Å²) in [4.78, 5) is 42.3. The van der Waals surface area contributed by atoms with Gasteiger partial charge in [0.15, 0.2) is 0 Å². The molecule has 2 atom stereocenters. The Morgan fingerprint density at radius 3 is 1.61 bits per heavy atom. The fourth-order valence-electron chi connectivity index (χ4n) is 1.47. The first-order valence-electron chi connectivity index (χ1n) is 5.13. The van der Waals surface area contributed by atoms with Crippen LogP contribution < -0.4 is 0 Å². The number of carbonyl (C=O) groups is 4. The van der Waals surface area contributed by atoms with Crippen molar-refractivity contribution in [3.8, 4) is 0 Å². The van der Waals surface area contributed by atoms with Gasteiger partial charge in [-0.25, -0.2) is 0 Å². The Kier molecular flexibility index (Phi) is 6.40. The van der Waals surface area contributed by atoms with Crippen molar-refractivity contribution >= 4 is 23.9 Å². The maximum absolute atomic E-state index is 10.8. The third-order valence-corrected chi connectivity index (χ3v) is 2.40. The molecule has 18 heavy (non-hydrogen) atoms. The van der Waals surface area contributed by atoms with Crippen molar-refractivity contribution in [1.29, 1.82) is 0 Å². The molecule has 0 aliphatic rings. The van der Waals surface area contributed by atoms with Crippen molar-refractivity contribution in [3.05, 3.63) is 0 Å². The van der Waals surface area contributed by atoms with E-state index in [9.17, 15) is 19.2 Å². The van der Waals surface area contributed by atoms with Crippen molar-refractivity contribution in [2.75, 3.05) is 0 Å². The molecule has 0 saturated carbocycles. The number of carboxylic acids is 4. The summed E-state index contributed by atoms with van der Waals surface area (Å²) in [7, 11) is 0. The maximum atomic E-state index is 10.8. The molecule has 8 heteroatoms. The molecule has 0 aromatic heterocycles. The molecule has 0 radical (unpaired) electrons. The lowest BCUT2D eigenvalue weighted by Gasteiger charge is -2.15. The minimum absolute atomic E-state index is 0.228. The standard InChI is InChI=1S/C10H14O8/c11-7(12)2-1-5(9(15)16)3-6(10(17)18)4-8(13)14/h5-6H,1-4H2,(H,11,12)(H,13,14)(H,15,16)(H,17,18). The lowest BCUT2D eigenvalue weighted by Crippen LogP contribution is -2.25. The number of carboxylic acid groups (broad SMARTS) is 4. The zero-order chi connectivity index (χ0) is 14.3. The second-order valence-electron chi connectivity index (χ2n) is 3.84. The van der Waals surface area contributed by atoms with Crippen LogP contribution >= 0.6 is 0 Å². The first-order chi connectivity index (χ1) is 8.23. The van der Waals surface area contributed by atoms with Crippen molar-refractivity contribution in [2.24, 2.45) is 11.8 Å². The van der Waals surface area contributed by atoms with Gasteiger partial charge >= 0.3 is 23.9 Å². The smallest absolute Gasteiger partial charge is 0.307 e. The molecule has 0 saturated heterocycles. The number of rotatable bonds is 9. The van der Waals surface area contributed by atoms with E-state index in [2.05, 4.69) is 0 Å². The van der Waals surface area contributed by atoms with Crippen LogP contribution in [0.3, 0.4) is 0 Å². The third-order valence-electron chi connectivity index (χ3n) is 2.40. The fourth-order valence-corrected chi connectivity index (χ4v) is 1.47. The Bertz CT molecular complexity index is 348. The van der Waals surface area contributed by atoms with Gasteiger partial charge in [-0.15, -0.1) is 0 Å². The SMILES string of the molecule is O=C(O)CCC(CC(CC(=O)O)C(=O)O)C(=O)O. The van der Waals surface area contributed by atoms with Gasteiger partial charge in [0, 0.05) is 6.42 Å². The molecule has 0 aliphatic carbocycles. The summed E-state index contributed by atoms with van der Waals surface area (Å²) < 4.78 is 0. The monoisotopic (exact) mass is 262 g/mol. The van der Waals surface area contributed by atoms with Gasteiger partial charge in [0.2, 0.25) is 0 Å². The maximum Gasteiger partial charge on any atom is 0.307 e. The minimum Gasteiger partial charge on any atom is -0.481 e. The second kappa shape index (κ2) is 7.25. The highest BCUT2D eigenvalue weighted by Gasteiger charge is 2.29. The quantitative estimate of drug-likeness (QED) is 0.457. The van der Waals surface area contributed by atoms with Gasteiger partial charge in [-0.2, -0.15) is 0 Å². The van der Waals surface area contributed by atoms with E-state index in [0.29, 0.717) is 0 Å². The van der Waals surface area contributed by atoms with E-state index in [0.717, 1.165) is 0 Å². The lowest BCUT2D eigenvalue weighted by atomic mass is 9.89. The van der Waals surface area contributed by atoms with Crippen molar-refractivity contribution < 1.29 is 39.6 Å². The summed E-state index contributed by atoms with van der Waals surface area (Å²) >= 11 is 0. The predicted molar refractivity (Wildman–Crippen MR) is 56.0 cm³/mol. The topological polar surface area (TPSA) is 149 Å². The molecule has 8 nitrogen and oxygen atoms in total. The predicted octanol–water partition coefficient (Wildman–Crippen LogP) is 0.118. The Morgan fingerprint density at radius 2 is 1.28 bits per heavy atom. The van der Waals surface area contributed by atoms with Crippen molar-refractivity contribution in [3.63, 3.8) is 0 Å². The van der Waals surface area contributed by atoms with Crippen LogP contribution in [0.4, 0.5) is 0 Å². The van der Waals surface area contributed by atoms with E-state index >= 15 is 0 Å². The van der Waals surface area contributed by atoms with Crippen LogP contribution in [-0.2, 0) is 19.2 Å². The van der Waals surface area contributed by atoms with Crippen LogP contribution in [0.1, 0.15) is 25.7 Å². The van der Waals surface area contributed by atoms with Gasteiger partial charge < -0.3 is 20.4 Å². The van der Waals surface area contributed by atoms with Crippen LogP contribution in [0.15, 0.2) is 0 Å². The van der Waals surface area contributed by atoms with E-state index in [1.54, 1.807) is 0 Å². The highest BCUT2D eigenvalue weighted by Crippen LogP contribution is 2.21. The van der Waals surface area contributed by atoms with E-state index < -0.39 is 55.0 Å². The Hall–Kier alpha value is -2.12. The molecule has 0 amide bonds. The average Bonchev–Trinajstić information content (AvgIpc) is 2.20. The summed E-state index contributed by atoms with van der Waals surface area (Å²) in [6.45, 7) is 0. The lowest BCUT2D eigenvalue weighted by molar-refractivity contribution is -0.151. The van der Waals surface area contributed by atoms with Crippen LogP contribution in [-0.4, -0.2) is 44.3 Å². The van der Waals surface area contributed by atoms with Crippen molar-refractivity contribution in [1.82, 2.24) is 0 Å². The first-order valence-corrected chi connectivity index (χ1v) is 5.13. The molecule has 2 unspecified atom stereocenters. The third kappa shape index (κ3) is 6.46. The Morgan fingerprint density at radius 1 is 0.778 bits per heavy atom. The van der Waals surface area contributed by atoms with Gasteiger partial charge in [0.05, 0.1) is 18.3 Å². The van der Waals surface area contributed by atoms with Gasteiger partial charge in [0.25, 0.3) is 0 Å². The van der Waals surface area contributed by atoms with Gasteiger partial charge in [0.1, 0.15) is 0 Å². The molecule has 0 aliphatic heterocycles. The molecular weight excluding hydrogens is 248 g/mol. The van der Waals surface area contributed by atoms with Crippen molar-refractivity contribution in [2.45, 2.75) is 25.7 Å². The molecule has 0 rings (SSSR count). The van der Waals surface area contributed by atoms with E-state index in [-0.39, 0.29) is 6.42 Å². The molecule has 0 spiro atoms. The summed E-state index contributed by atoms with van der Waals surface area (Å²) in [6.07, 6.45) is -1.72. The largest absolute Gasteiger partial charge is 0.481 e. The minimum atomic E-state index is -1.40. The zero-order valence-corrected chi connectivity index (χ0v) is 9.40. The molecule has 0 fully saturated rings. The molecular formula is C10H14O8. The fraction of sp³-hybridized carbons (Fsp3) is 0.600. The van der Waals surface area contributed by atoms with Crippen LogP contribution in [0, 0.1) is 11.8 Å².